The van der Waals surface area contributed by atoms with Gasteiger partial charge < -0.3 is 6.15 Å². The molecule has 4 nitrogen and oxygen atoms in total. The topological polar surface area (TPSA) is 89.4 Å². The second-order valence-electron chi connectivity index (χ2n) is 6.04. The van der Waals surface area contributed by atoms with Gasteiger partial charge in [0.1, 0.15) is 0 Å². The predicted molar refractivity (Wildman–Crippen MR) is 111 cm³/mol. The second kappa shape index (κ2) is 7.68. The molecule has 3 rings (SSSR count). The molecule has 26 heavy (non-hydrogen) atoms. The number of aryl methyl sites for hydroxylation is 2. The zero-order valence-corrected chi connectivity index (χ0v) is 16.7. The van der Waals surface area contributed by atoms with Crippen LogP contribution in [0, 0.1) is 13.8 Å². The van der Waals surface area contributed by atoms with Crippen LogP contribution in [0.2, 0.25) is 0 Å². The van der Waals surface area contributed by atoms with Gasteiger partial charge in [0, 0.05) is 0 Å². The van der Waals surface area contributed by atoms with E-state index in [1.54, 1.807) is 6.07 Å². The largest absolute Gasteiger partial charge is 0.344 e. The average Bonchev–Trinajstić information content (AvgIpc) is 2.55. The van der Waals surface area contributed by atoms with Gasteiger partial charge in [0.2, 0.25) is 0 Å². The van der Waals surface area contributed by atoms with E-state index in [9.17, 15) is 13.0 Å². The Morgan fingerprint density at radius 3 is 2.08 bits per heavy atom. The molecule has 0 amide bonds. The summed E-state index contributed by atoms with van der Waals surface area (Å²) in [5.74, 6) is 0. The molecule has 0 spiro atoms. The fourth-order valence-electron chi connectivity index (χ4n) is 3.00. The highest BCUT2D eigenvalue weighted by atomic mass is 32.2. The first kappa shape index (κ1) is 20.3. The van der Waals surface area contributed by atoms with Crippen molar-refractivity contribution in [3.05, 3.63) is 71.8 Å². The lowest BCUT2D eigenvalue weighted by Crippen LogP contribution is -2.03. The molecule has 0 saturated heterocycles. The third kappa shape index (κ3) is 3.87. The minimum absolute atomic E-state index is 0. The first-order valence-corrected chi connectivity index (χ1v) is 9.84. The summed E-state index contributed by atoms with van der Waals surface area (Å²) in [6, 6.07) is 18.7. The molecule has 1 atom stereocenters. The molecule has 0 bridgehead atoms. The smallest absolute Gasteiger partial charge is 0.294 e. The molecule has 0 aliphatic carbocycles. The van der Waals surface area contributed by atoms with Crippen LogP contribution in [0.15, 0.2) is 65.6 Å². The zero-order chi connectivity index (χ0) is 18.2. The first-order valence-electron chi connectivity index (χ1n) is 7.82. The van der Waals surface area contributed by atoms with Gasteiger partial charge >= 0.3 is 0 Å². The Morgan fingerprint density at radius 2 is 1.42 bits per heavy atom. The van der Waals surface area contributed by atoms with Crippen LogP contribution >= 0.6 is 9.24 Å². The van der Waals surface area contributed by atoms with E-state index < -0.39 is 10.1 Å². The number of benzene rings is 3. The summed E-state index contributed by atoms with van der Waals surface area (Å²) in [6.07, 6.45) is 0. The van der Waals surface area contributed by atoms with Crippen molar-refractivity contribution in [1.82, 2.24) is 6.15 Å². The van der Waals surface area contributed by atoms with Crippen molar-refractivity contribution in [2.24, 2.45) is 0 Å². The molecule has 4 N–H and O–H groups in total. The molecule has 0 aromatic heterocycles. The normalized spacial score (nSPS) is 11.1. The van der Waals surface area contributed by atoms with Crippen molar-refractivity contribution < 1.29 is 13.0 Å². The van der Waals surface area contributed by atoms with Gasteiger partial charge in [0.15, 0.2) is 0 Å². The lowest BCUT2D eigenvalue weighted by atomic mass is 9.90. The Labute approximate surface area is 156 Å². The van der Waals surface area contributed by atoms with Crippen LogP contribution in [-0.4, -0.2) is 13.0 Å². The van der Waals surface area contributed by atoms with E-state index in [0.29, 0.717) is 0 Å². The third-order valence-corrected chi connectivity index (χ3v) is 5.64. The van der Waals surface area contributed by atoms with E-state index in [2.05, 4.69) is 28.3 Å². The summed E-state index contributed by atoms with van der Waals surface area (Å²) in [4.78, 5) is -0.0991. The highest BCUT2D eigenvalue weighted by Crippen LogP contribution is 2.36. The summed E-state index contributed by atoms with van der Waals surface area (Å²) in [5, 5.41) is 1.03. The Kier molecular flexibility index (Phi) is 5.99. The summed E-state index contributed by atoms with van der Waals surface area (Å²) < 4.78 is 32.5. The van der Waals surface area contributed by atoms with Gasteiger partial charge in [-0.15, -0.1) is 9.24 Å². The van der Waals surface area contributed by atoms with Crippen molar-refractivity contribution >= 4 is 24.7 Å². The molecule has 0 saturated carbocycles. The fraction of sp³-hybridized carbons (Fsp3) is 0.100. The predicted octanol–water partition coefficient (Wildman–Crippen LogP) is 4.55. The molecule has 3 aromatic rings. The van der Waals surface area contributed by atoms with Gasteiger partial charge in [0.05, 0.1) is 4.90 Å². The van der Waals surface area contributed by atoms with Crippen LogP contribution in [0.1, 0.15) is 11.1 Å². The van der Waals surface area contributed by atoms with Gasteiger partial charge in [-0.2, -0.15) is 8.42 Å². The van der Waals surface area contributed by atoms with Crippen molar-refractivity contribution in [3.63, 3.8) is 0 Å². The Hall–Kier alpha value is -2.04. The lowest BCUT2D eigenvalue weighted by Gasteiger charge is -2.17. The fourth-order valence-corrected chi connectivity index (χ4v) is 3.93. The number of hydrogen-bond donors (Lipinski definition) is 2. The minimum atomic E-state index is -4.25. The molecule has 0 aliphatic heterocycles. The first-order chi connectivity index (χ1) is 11.8. The molecule has 3 aromatic carbocycles. The van der Waals surface area contributed by atoms with E-state index in [4.69, 9.17) is 0 Å². The van der Waals surface area contributed by atoms with E-state index in [1.807, 2.05) is 37.3 Å². The maximum Gasteiger partial charge on any atom is 0.294 e. The van der Waals surface area contributed by atoms with Crippen LogP contribution in [0.25, 0.3) is 22.3 Å². The van der Waals surface area contributed by atoms with Gasteiger partial charge in [-0.3, -0.25) is 4.55 Å². The van der Waals surface area contributed by atoms with Crippen molar-refractivity contribution in [2.75, 3.05) is 0 Å². The van der Waals surface area contributed by atoms with Gasteiger partial charge in [0.25, 0.3) is 10.1 Å². The molecule has 0 aliphatic rings. The molecular weight excluding hydrogens is 365 g/mol. The standard InChI is InChI=1S/C20H19O3PS.H3N/c1-13-6-3-4-7-16(13)20-17(8-5-9-19(20)24)18-12-15(25(21,22)23)11-10-14(18)2;/h3-12H,24H2,1-2H3,(H,21,22,23);1H3. The van der Waals surface area contributed by atoms with Crippen molar-refractivity contribution in [3.8, 4) is 22.3 Å². The summed E-state index contributed by atoms with van der Waals surface area (Å²) in [6.45, 7) is 3.98. The molecule has 0 fully saturated rings. The van der Waals surface area contributed by atoms with E-state index in [1.165, 1.54) is 12.1 Å². The summed E-state index contributed by atoms with van der Waals surface area (Å²) in [5.41, 5.74) is 5.95. The van der Waals surface area contributed by atoms with Gasteiger partial charge in [-0.25, -0.2) is 0 Å². The summed E-state index contributed by atoms with van der Waals surface area (Å²) >= 11 is 0. The monoisotopic (exact) mass is 387 g/mol. The molecule has 6 heteroatoms. The Morgan fingerprint density at radius 1 is 0.808 bits per heavy atom. The third-order valence-electron chi connectivity index (χ3n) is 4.31. The maximum atomic E-state index is 11.6. The maximum absolute atomic E-state index is 11.6. The van der Waals surface area contributed by atoms with Gasteiger partial charge in [-0.1, -0.05) is 48.5 Å². The molecule has 0 heterocycles. The Balaban J connectivity index is 0.00000243. The molecular formula is C20H22NO3PS. The van der Waals surface area contributed by atoms with Crippen LogP contribution in [0.5, 0.6) is 0 Å². The minimum Gasteiger partial charge on any atom is -0.344 e. The summed E-state index contributed by atoms with van der Waals surface area (Å²) in [7, 11) is -1.50. The van der Waals surface area contributed by atoms with E-state index in [0.717, 1.165) is 38.7 Å². The molecule has 1 unspecified atom stereocenters. The van der Waals surface area contributed by atoms with E-state index >= 15 is 0 Å². The number of hydrogen-bond acceptors (Lipinski definition) is 3. The van der Waals surface area contributed by atoms with Crippen LogP contribution in [0.4, 0.5) is 0 Å². The van der Waals surface area contributed by atoms with Gasteiger partial charge in [-0.05, 0) is 64.7 Å². The van der Waals surface area contributed by atoms with Crippen molar-refractivity contribution in [2.45, 2.75) is 18.7 Å². The van der Waals surface area contributed by atoms with Crippen molar-refractivity contribution in [1.29, 1.82) is 0 Å². The highest BCUT2D eigenvalue weighted by Gasteiger charge is 2.17. The zero-order valence-electron chi connectivity index (χ0n) is 14.7. The lowest BCUT2D eigenvalue weighted by molar-refractivity contribution is 0.483. The number of rotatable bonds is 3. The molecule has 136 valence electrons. The average molecular weight is 387 g/mol. The quantitative estimate of drug-likeness (QED) is 0.510. The SMILES string of the molecule is Cc1ccc(S(=O)(=O)O)cc1-c1cccc(P)c1-c1ccccc1C.N. The molecule has 0 radical (unpaired) electrons. The van der Waals surface area contributed by atoms with Crippen LogP contribution in [0.3, 0.4) is 0 Å². The van der Waals surface area contributed by atoms with Crippen LogP contribution < -0.4 is 11.5 Å². The second-order valence-corrected chi connectivity index (χ2v) is 8.08. The highest BCUT2D eigenvalue weighted by molar-refractivity contribution is 7.85. The van der Waals surface area contributed by atoms with E-state index in [-0.39, 0.29) is 11.0 Å². The van der Waals surface area contributed by atoms with Crippen LogP contribution in [-0.2, 0) is 10.1 Å². The Bertz CT molecular complexity index is 1060.